The molecule has 1 saturated heterocycles. The zero-order chi connectivity index (χ0) is 16.2. The van der Waals surface area contributed by atoms with Crippen molar-refractivity contribution in [2.45, 2.75) is 12.8 Å². The van der Waals surface area contributed by atoms with Crippen molar-refractivity contribution < 1.29 is 18.7 Å². The summed E-state index contributed by atoms with van der Waals surface area (Å²) in [5, 5.41) is 0. The van der Waals surface area contributed by atoms with E-state index < -0.39 is 0 Å². The standard InChI is InChI=1S/C18H19NO4/c1-22-15-8-6-13(7-9-15)17(20)14-4-2-10-19(12-14)18(21)16-5-3-11-23-16/h3,5-9,11,14H,2,4,10,12H2,1H3. The van der Waals surface area contributed by atoms with E-state index >= 15 is 0 Å². The van der Waals surface area contributed by atoms with Crippen LogP contribution in [0, 0.1) is 5.92 Å². The summed E-state index contributed by atoms with van der Waals surface area (Å²) >= 11 is 0. The van der Waals surface area contributed by atoms with Gasteiger partial charge < -0.3 is 14.1 Å². The lowest BCUT2D eigenvalue weighted by molar-refractivity contribution is 0.0610. The highest BCUT2D eigenvalue weighted by Gasteiger charge is 2.30. The number of ether oxygens (including phenoxy) is 1. The lowest BCUT2D eigenvalue weighted by Crippen LogP contribution is -2.42. The zero-order valence-corrected chi connectivity index (χ0v) is 13.0. The van der Waals surface area contributed by atoms with Crippen LogP contribution in [-0.2, 0) is 0 Å². The maximum atomic E-state index is 12.7. The number of furan rings is 1. The molecule has 1 aliphatic heterocycles. The first-order chi connectivity index (χ1) is 11.2. The highest BCUT2D eigenvalue weighted by atomic mass is 16.5. The first-order valence-electron chi connectivity index (χ1n) is 7.70. The summed E-state index contributed by atoms with van der Waals surface area (Å²) < 4.78 is 10.3. The third-order valence-electron chi connectivity index (χ3n) is 4.19. The van der Waals surface area contributed by atoms with Gasteiger partial charge in [0.1, 0.15) is 5.75 Å². The number of Topliss-reactive ketones (excluding diaryl/α,β-unsaturated/α-hetero) is 1. The van der Waals surface area contributed by atoms with Crippen molar-refractivity contribution in [1.82, 2.24) is 4.90 Å². The molecule has 2 heterocycles. The van der Waals surface area contributed by atoms with Crippen LogP contribution >= 0.6 is 0 Å². The topological polar surface area (TPSA) is 59.8 Å². The average Bonchev–Trinajstić information content (AvgIpc) is 3.15. The van der Waals surface area contributed by atoms with Crippen molar-refractivity contribution in [3.05, 3.63) is 54.0 Å². The fourth-order valence-corrected chi connectivity index (χ4v) is 2.92. The number of likely N-dealkylation sites (tertiary alicyclic amines) is 1. The number of methoxy groups -OCH3 is 1. The number of hydrogen-bond acceptors (Lipinski definition) is 4. The fraction of sp³-hybridized carbons (Fsp3) is 0.333. The molecule has 23 heavy (non-hydrogen) atoms. The average molecular weight is 313 g/mol. The number of carbonyl (C=O) groups excluding carboxylic acids is 2. The second-order valence-electron chi connectivity index (χ2n) is 5.66. The molecule has 1 unspecified atom stereocenters. The largest absolute Gasteiger partial charge is 0.497 e. The molecule has 0 saturated carbocycles. The quantitative estimate of drug-likeness (QED) is 0.814. The molecule has 5 heteroatoms. The number of piperidine rings is 1. The Kier molecular flexibility index (Phi) is 4.46. The van der Waals surface area contributed by atoms with Gasteiger partial charge in [0, 0.05) is 24.6 Å². The van der Waals surface area contributed by atoms with Gasteiger partial charge in [0.05, 0.1) is 13.4 Å². The molecule has 120 valence electrons. The SMILES string of the molecule is COc1ccc(C(=O)C2CCCN(C(=O)c3ccco3)C2)cc1. The number of carbonyl (C=O) groups is 2. The minimum Gasteiger partial charge on any atom is -0.497 e. The number of ketones is 1. The molecular weight excluding hydrogens is 294 g/mol. The second kappa shape index (κ2) is 6.69. The summed E-state index contributed by atoms with van der Waals surface area (Å²) in [6, 6.07) is 10.4. The Morgan fingerprint density at radius 1 is 1.22 bits per heavy atom. The van der Waals surface area contributed by atoms with E-state index in [1.54, 1.807) is 48.4 Å². The first-order valence-corrected chi connectivity index (χ1v) is 7.70. The predicted molar refractivity (Wildman–Crippen MR) is 84.7 cm³/mol. The van der Waals surface area contributed by atoms with E-state index in [9.17, 15) is 9.59 Å². The van der Waals surface area contributed by atoms with E-state index in [0.717, 1.165) is 18.6 Å². The molecule has 2 aromatic rings. The van der Waals surface area contributed by atoms with Gasteiger partial charge in [-0.15, -0.1) is 0 Å². The van der Waals surface area contributed by atoms with Crippen LogP contribution in [0.3, 0.4) is 0 Å². The van der Waals surface area contributed by atoms with Gasteiger partial charge in [-0.05, 0) is 49.2 Å². The third-order valence-corrected chi connectivity index (χ3v) is 4.19. The molecule has 0 bridgehead atoms. The molecule has 0 spiro atoms. The van der Waals surface area contributed by atoms with Gasteiger partial charge in [-0.2, -0.15) is 0 Å². The molecule has 0 radical (unpaired) electrons. The lowest BCUT2D eigenvalue weighted by Gasteiger charge is -2.31. The third kappa shape index (κ3) is 3.28. The van der Waals surface area contributed by atoms with Gasteiger partial charge in [-0.25, -0.2) is 0 Å². The Labute approximate surface area is 134 Å². The van der Waals surface area contributed by atoms with Gasteiger partial charge in [0.2, 0.25) is 0 Å². The minimum atomic E-state index is -0.170. The number of amides is 1. The lowest BCUT2D eigenvalue weighted by atomic mass is 9.90. The van der Waals surface area contributed by atoms with Crippen LogP contribution in [0.25, 0.3) is 0 Å². The Morgan fingerprint density at radius 2 is 2.00 bits per heavy atom. The van der Waals surface area contributed by atoms with Crippen molar-refractivity contribution in [2.75, 3.05) is 20.2 Å². The van der Waals surface area contributed by atoms with Gasteiger partial charge in [-0.1, -0.05) is 0 Å². The van der Waals surface area contributed by atoms with Crippen molar-refractivity contribution in [1.29, 1.82) is 0 Å². The smallest absolute Gasteiger partial charge is 0.289 e. The highest BCUT2D eigenvalue weighted by molar-refractivity contribution is 5.99. The number of hydrogen-bond donors (Lipinski definition) is 0. The van der Waals surface area contributed by atoms with Crippen LogP contribution in [0.1, 0.15) is 33.8 Å². The van der Waals surface area contributed by atoms with Gasteiger partial charge in [-0.3, -0.25) is 9.59 Å². The monoisotopic (exact) mass is 313 g/mol. The maximum Gasteiger partial charge on any atom is 0.289 e. The summed E-state index contributed by atoms with van der Waals surface area (Å²) in [5.41, 5.74) is 0.656. The highest BCUT2D eigenvalue weighted by Crippen LogP contribution is 2.23. The van der Waals surface area contributed by atoms with Crippen LogP contribution in [0.2, 0.25) is 0 Å². The molecule has 1 atom stereocenters. The summed E-state index contributed by atoms with van der Waals surface area (Å²) in [6.45, 7) is 1.09. The summed E-state index contributed by atoms with van der Waals surface area (Å²) in [6.07, 6.45) is 3.10. The molecular formula is C18H19NO4. The van der Waals surface area contributed by atoms with Crippen molar-refractivity contribution in [2.24, 2.45) is 5.92 Å². The normalized spacial score (nSPS) is 17.8. The molecule has 1 aromatic heterocycles. The minimum absolute atomic E-state index is 0.0737. The first kappa shape index (κ1) is 15.3. The summed E-state index contributed by atoms with van der Waals surface area (Å²) in [5.74, 6) is 0.797. The van der Waals surface area contributed by atoms with Crippen molar-refractivity contribution >= 4 is 11.7 Å². The van der Waals surface area contributed by atoms with Gasteiger partial charge >= 0.3 is 0 Å². The van der Waals surface area contributed by atoms with Crippen LogP contribution in [-0.4, -0.2) is 36.8 Å². The van der Waals surface area contributed by atoms with Crippen LogP contribution in [0.5, 0.6) is 5.75 Å². The second-order valence-corrected chi connectivity index (χ2v) is 5.66. The molecule has 1 aromatic carbocycles. The van der Waals surface area contributed by atoms with Gasteiger partial charge in [0.25, 0.3) is 5.91 Å². The molecule has 0 aliphatic carbocycles. The maximum absolute atomic E-state index is 12.7. The van der Waals surface area contributed by atoms with Crippen LogP contribution in [0.4, 0.5) is 0 Å². The van der Waals surface area contributed by atoms with Crippen molar-refractivity contribution in [3.63, 3.8) is 0 Å². The van der Waals surface area contributed by atoms with Crippen LogP contribution in [0.15, 0.2) is 47.1 Å². The number of benzene rings is 1. The zero-order valence-electron chi connectivity index (χ0n) is 13.0. The summed E-state index contributed by atoms with van der Waals surface area (Å²) in [4.78, 5) is 26.7. The molecule has 1 fully saturated rings. The molecule has 5 nitrogen and oxygen atoms in total. The molecule has 0 N–H and O–H groups in total. The van der Waals surface area contributed by atoms with E-state index in [2.05, 4.69) is 0 Å². The molecule has 1 aliphatic rings. The Hall–Kier alpha value is -2.56. The number of rotatable bonds is 4. The van der Waals surface area contributed by atoms with Gasteiger partial charge in [0.15, 0.2) is 11.5 Å². The van der Waals surface area contributed by atoms with E-state index in [0.29, 0.717) is 24.4 Å². The van der Waals surface area contributed by atoms with Crippen LogP contribution < -0.4 is 4.74 Å². The Morgan fingerprint density at radius 3 is 2.65 bits per heavy atom. The van der Waals surface area contributed by atoms with E-state index in [4.69, 9.17) is 9.15 Å². The van der Waals surface area contributed by atoms with Crippen molar-refractivity contribution in [3.8, 4) is 5.75 Å². The summed E-state index contributed by atoms with van der Waals surface area (Å²) in [7, 11) is 1.59. The Balaban J connectivity index is 1.70. The number of nitrogens with zero attached hydrogens (tertiary/aromatic N) is 1. The molecule has 1 amide bonds. The Bertz CT molecular complexity index is 676. The predicted octanol–water partition coefficient (Wildman–Crippen LogP) is 3.02. The molecule has 3 rings (SSSR count). The fourth-order valence-electron chi connectivity index (χ4n) is 2.92. The van der Waals surface area contributed by atoms with E-state index in [1.165, 1.54) is 6.26 Å². The van der Waals surface area contributed by atoms with E-state index in [-0.39, 0.29) is 17.6 Å². The van der Waals surface area contributed by atoms with E-state index in [1.807, 2.05) is 0 Å².